The Kier molecular flexibility index (Phi) is 1.61. The molecule has 1 atom stereocenters. The first kappa shape index (κ1) is 7.05. The Morgan fingerprint density at radius 1 is 1.80 bits per heavy atom. The summed E-state index contributed by atoms with van der Waals surface area (Å²) in [5.41, 5.74) is 0. The SMILES string of the molecule is CC(=O)[C@@H]1CN(C)C(=O)N1. The molecule has 10 heavy (non-hydrogen) atoms. The van der Waals surface area contributed by atoms with Gasteiger partial charge in [-0.2, -0.15) is 0 Å². The van der Waals surface area contributed by atoms with Crippen LogP contribution in [-0.2, 0) is 4.79 Å². The van der Waals surface area contributed by atoms with E-state index in [-0.39, 0.29) is 17.9 Å². The molecule has 1 N–H and O–H groups in total. The zero-order valence-electron chi connectivity index (χ0n) is 6.05. The molecule has 0 radical (unpaired) electrons. The Bertz CT molecular complexity index is 179. The molecule has 0 aliphatic carbocycles. The minimum absolute atomic E-state index is 0.0118. The van der Waals surface area contributed by atoms with Crippen LogP contribution in [0.15, 0.2) is 0 Å². The number of nitrogens with one attached hydrogen (secondary N) is 1. The lowest BCUT2D eigenvalue weighted by Crippen LogP contribution is -2.32. The number of rotatable bonds is 1. The van der Waals surface area contributed by atoms with E-state index in [2.05, 4.69) is 5.32 Å². The highest BCUT2D eigenvalue weighted by Crippen LogP contribution is 2.00. The molecular weight excluding hydrogens is 132 g/mol. The number of nitrogens with zero attached hydrogens (tertiary/aromatic N) is 1. The zero-order chi connectivity index (χ0) is 7.72. The lowest BCUT2D eigenvalue weighted by Gasteiger charge is -2.03. The fourth-order valence-corrected chi connectivity index (χ4v) is 0.892. The zero-order valence-corrected chi connectivity index (χ0v) is 6.05. The van der Waals surface area contributed by atoms with Gasteiger partial charge in [0.25, 0.3) is 0 Å². The average Bonchev–Trinajstić information content (AvgIpc) is 2.13. The molecule has 1 saturated heterocycles. The average molecular weight is 142 g/mol. The second-order valence-corrected chi connectivity index (χ2v) is 2.49. The highest BCUT2D eigenvalue weighted by Gasteiger charge is 2.28. The van der Waals surface area contributed by atoms with E-state index in [4.69, 9.17) is 0 Å². The van der Waals surface area contributed by atoms with Gasteiger partial charge in [-0.25, -0.2) is 4.79 Å². The first-order chi connectivity index (χ1) is 4.61. The summed E-state index contributed by atoms with van der Waals surface area (Å²) in [6.07, 6.45) is 0. The van der Waals surface area contributed by atoms with Crippen molar-refractivity contribution < 1.29 is 9.59 Å². The molecule has 0 aromatic heterocycles. The van der Waals surface area contributed by atoms with Crippen LogP contribution in [0, 0.1) is 0 Å². The molecule has 1 fully saturated rings. The van der Waals surface area contributed by atoms with Gasteiger partial charge in [0.05, 0.1) is 0 Å². The lowest BCUT2D eigenvalue weighted by atomic mass is 10.2. The molecule has 0 saturated carbocycles. The molecule has 2 amide bonds. The van der Waals surface area contributed by atoms with E-state index in [9.17, 15) is 9.59 Å². The predicted molar refractivity (Wildman–Crippen MR) is 35.6 cm³/mol. The minimum Gasteiger partial charge on any atom is -0.326 e. The van der Waals surface area contributed by atoms with E-state index < -0.39 is 0 Å². The van der Waals surface area contributed by atoms with Gasteiger partial charge < -0.3 is 10.2 Å². The van der Waals surface area contributed by atoms with Gasteiger partial charge >= 0.3 is 6.03 Å². The van der Waals surface area contributed by atoms with Gasteiger partial charge in [-0.1, -0.05) is 0 Å². The molecule has 0 unspecified atom stereocenters. The molecule has 0 aromatic carbocycles. The number of ketones is 1. The minimum atomic E-state index is -0.294. The fourth-order valence-electron chi connectivity index (χ4n) is 0.892. The van der Waals surface area contributed by atoms with Crippen LogP contribution in [0.4, 0.5) is 4.79 Å². The molecule has 4 heteroatoms. The predicted octanol–water partition coefficient (Wildman–Crippen LogP) is -0.401. The Morgan fingerprint density at radius 3 is 2.60 bits per heavy atom. The Morgan fingerprint density at radius 2 is 2.40 bits per heavy atom. The third-order valence-corrected chi connectivity index (χ3v) is 1.59. The normalized spacial score (nSPS) is 24.8. The van der Waals surface area contributed by atoms with Gasteiger partial charge in [0, 0.05) is 13.6 Å². The Labute approximate surface area is 59.2 Å². The molecule has 1 heterocycles. The van der Waals surface area contributed by atoms with Crippen LogP contribution < -0.4 is 5.32 Å². The van der Waals surface area contributed by atoms with Gasteiger partial charge in [-0.3, -0.25) is 4.79 Å². The number of urea groups is 1. The number of hydrogen-bond donors (Lipinski definition) is 1. The summed E-state index contributed by atoms with van der Waals surface area (Å²) in [5, 5.41) is 2.54. The number of likely N-dealkylation sites (N-methyl/N-ethyl adjacent to an activating group) is 1. The molecule has 0 bridgehead atoms. The van der Waals surface area contributed by atoms with Gasteiger partial charge in [0.2, 0.25) is 0 Å². The van der Waals surface area contributed by atoms with E-state index in [1.807, 2.05) is 0 Å². The van der Waals surface area contributed by atoms with Crippen molar-refractivity contribution in [2.75, 3.05) is 13.6 Å². The largest absolute Gasteiger partial charge is 0.326 e. The van der Waals surface area contributed by atoms with Crippen molar-refractivity contribution in [1.29, 1.82) is 0 Å². The van der Waals surface area contributed by atoms with Crippen LogP contribution in [0.3, 0.4) is 0 Å². The summed E-state index contributed by atoms with van der Waals surface area (Å²) in [7, 11) is 1.66. The molecule has 4 nitrogen and oxygen atoms in total. The number of amides is 2. The molecule has 0 spiro atoms. The Balaban J connectivity index is 2.57. The van der Waals surface area contributed by atoms with Crippen molar-refractivity contribution in [3.8, 4) is 0 Å². The van der Waals surface area contributed by atoms with Gasteiger partial charge in [-0.05, 0) is 6.92 Å². The molecule has 56 valence electrons. The summed E-state index contributed by atoms with van der Waals surface area (Å²) >= 11 is 0. The fraction of sp³-hybridized carbons (Fsp3) is 0.667. The number of Topliss-reactive ketones (excluding diaryl/α,β-unsaturated/α-hetero) is 1. The van der Waals surface area contributed by atoms with Crippen LogP contribution in [0.1, 0.15) is 6.92 Å². The van der Waals surface area contributed by atoms with Crippen molar-refractivity contribution in [3.63, 3.8) is 0 Å². The van der Waals surface area contributed by atoms with Gasteiger partial charge in [0.1, 0.15) is 6.04 Å². The van der Waals surface area contributed by atoms with Crippen LogP contribution in [-0.4, -0.2) is 36.3 Å². The van der Waals surface area contributed by atoms with E-state index in [1.54, 1.807) is 7.05 Å². The summed E-state index contributed by atoms with van der Waals surface area (Å²) in [4.78, 5) is 22.9. The maximum Gasteiger partial charge on any atom is 0.317 e. The highest BCUT2D eigenvalue weighted by molar-refractivity contribution is 5.90. The van der Waals surface area contributed by atoms with Crippen molar-refractivity contribution >= 4 is 11.8 Å². The summed E-state index contributed by atoms with van der Waals surface area (Å²) in [6, 6.07) is -0.460. The van der Waals surface area contributed by atoms with Crippen molar-refractivity contribution in [3.05, 3.63) is 0 Å². The monoisotopic (exact) mass is 142 g/mol. The van der Waals surface area contributed by atoms with E-state index >= 15 is 0 Å². The van der Waals surface area contributed by atoms with Gasteiger partial charge in [0.15, 0.2) is 5.78 Å². The number of carbonyl (C=O) groups is 2. The van der Waals surface area contributed by atoms with E-state index in [0.717, 1.165) is 0 Å². The van der Waals surface area contributed by atoms with Crippen LogP contribution in [0.5, 0.6) is 0 Å². The summed E-state index contributed by atoms with van der Waals surface area (Å²) in [5.74, 6) is 0.0118. The van der Waals surface area contributed by atoms with Crippen LogP contribution >= 0.6 is 0 Å². The smallest absolute Gasteiger partial charge is 0.317 e. The topological polar surface area (TPSA) is 49.4 Å². The second-order valence-electron chi connectivity index (χ2n) is 2.49. The molecule has 1 aliphatic heterocycles. The Hall–Kier alpha value is -1.06. The maximum atomic E-state index is 10.8. The maximum absolute atomic E-state index is 10.8. The number of hydrogen-bond acceptors (Lipinski definition) is 2. The van der Waals surface area contributed by atoms with E-state index in [1.165, 1.54) is 11.8 Å². The van der Waals surface area contributed by atoms with Crippen LogP contribution in [0.25, 0.3) is 0 Å². The van der Waals surface area contributed by atoms with Gasteiger partial charge in [-0.15, -0.1) is 0 Å². The first-order valence-electron chi connectivity index (χ1n) is 3.13. The third-order valence-electron chi connectivity index (χ3n) is 1.59. The third kappa shape index (κ3) is 1.10. The summed E-state index contributed by atoms with van der Waals surface area (Å²) < 4.78 is 0. The molecule has 1 rings (SSSR count). The lowest BCUT2D eigenvalue weighted by molar-refractivity contribution is -0.118. The number of carbonyl (C=O) groups excluding carboxylic acids is 2. The quantitative estimate of drug-likeness (QED) is 0.541. The van der Waals surface area contributed by atoms with Crippen LogP contribution in [0.2, 0.25) is 0 Å². The molecule has 0 aromatic rings. The van der Waals surface area contributed by atoms with Crippen molar-refractivity contribution in [1.82, 2.24) is 10.2 Å². The van der Waals surface area contributed by atoms with E-state index in [0.29, 0.717) is 6.54 Å². The first-order valence-corrected chi connectivity index (χ1v) is 3.13. The standard InChI is InChI=1S/C6H10N2O2/c1-4(9)5-3-8(2)6(10)7-5/h5H,3H2,1-2H3,(H,7,10)/t5-/m0/s1. The molecule has 1 aliphatic rings. The second kappa shape index (κ2) is 2.28. The van der Waals surface area contributed by atoms with Crippen molar-refractivity contribution in [2.24, 2.45) is 0 Å². The molecular formula is C6H10N2O2. The van der Waals surface area contributed by atoms with Crippen molar-refractivity contribution in [2.45, 2.75) is 13.0 Å². The summed E-state index contributed by atoms with van der Waals surface area (Å²) in [6.45, 7) is 1.97. The highest BCUT2D eigenvalue weighted by atomic mass is 16.2.